The highest BCUT2D eigenvalue weighted by Gasteiger charge is 2.27. The lowest BCUT2D eigenvalue weighted by Gasteiger charge is -2.03. The van der Waals surface area contributed by atoms with Gasteiger partial charge in [-0.15, -0.1) is 0 Å². The van der Waals surface area contributed by atoms with Crippen LogP contribution in [0.1, 0.15) is 31.1 Å². The molecule has 0 unspecified atom stereocenters. The number of carbonyl (C=O) groups excluding carboxylic acids is 1. The molecule has 16 heavy (non-hydrogen) atoms. The normalized spacial score (nSPS) is 17.9. The molecule has 0 aliphatic carbocycles. The summed E-state index contributed by atoms with van der Waals surface area (Å²) < 4.78 is 0. The smallest absolute Gasteiger partial charge is 0.257 e. The van der Waals surface area contributed by atoms with E-state index in [-0.39, 0.29) is 5.91 Å². The third kappa shape index (κ3) is 1.99. The fourth-order valence-corrected chi connectivity index (χ4v) is 1.74. The Morgan fingerprint density at radius 2 is 2.25 bits per heavy atom. The highest BCUT2D eigenvalue weighted by Crippen LogP contribution is 2.31. The first-order valence-electron chi connectivity index (χ1n) is 5.33. The predicted octanol–water partition coefficient (Wildman–Crippen LogP) is 2.18. The fraction of sp³-hybridized carbons (Fsp3) is 0.308. The number of benzene rings is 1. The zero-order valence-corrected chi connectivity index (χ0v) is 9.45. The zero-order chi connectivity index (χ0) is 11.7. The second kappa shape index (κ2) is 4.10. The Balaban J connectivity index is 2.25. The van der Waals surface area contributed by atoms with Gasteiger partial charge in [-0.05, 0) is 31.9 Å². The predicted molar refractivity (Wildman–Crippen MR) is 63.2 cm³/mol. The maximum atomic E-state index is 11.2. The van der Waals surface area contributed by atoms with Crippen LogP contribution in [0.15, 0.2) is 29.8 Å². The molecule has 1 aliphatic rings. The minimum absolute atomic E-state index is 0.339. The van der Waals surface area contributed by atoms with Gasteiger partial charge in [-0.2, -0.15) is 0 Å². The molecule has 0 aromatic heterocycles. The van der Waals surface area contributed by atoms with Crippen LogP contribution >= 0.6 is 0 Å². The summed E-state index contributed by atoms with van der Waals surface area (Å²) in [6, 6.07) is 5.68. The summed E-state index contributed by atoms with van der Waals surface area (Å²) in [5.74, 6) is -0.339. The van der Waals surface area contributed by atoms with Gasteiger partial charge in [0.25, 0.3) is 5.91 Å². The molecule has 1 aromatic rings. The topological polar surface area (TPSA) is 49.3 Å². The molecule has 1 heterocycles. The number of hydrogen-bond donors (Lipinski definition) is 2. The summed E-state index contributed by atoms with van der Waals surface area (Å²) in [4.78, 5) is 11.2. The summed E-state index contributed by atoms with van der Waals surface area (Å²) in [7, 11) is 0. The van der Waals surface area contributed by atoms with Gasteiger partial charge in [-0.3, -0.25) is 4.79 Å². The van der Waals surface area contributed by atoms with E-state index in [9.17, 15) is 9.90 Å². The monoisotopic (exact) mass is 217 g/mol. The first-order valence-corrected chi connectivity index (χ1v) is 5.33. The van der Waals surface area contributed by atoms with E-state index in [1.165, 1.54) is 5.57 Å². The van der Waals surface area contributed by atoms with Crippen molar-refractivity contribution in [3.63, 3.8) is 0 Å². The molecule has 0 saturated carbocycles. The minimum atomic E-state index is -1.01. The summed E-state index contributed by atoms with van der Waals surface area (Å²) in [6.45, 7) is 4.11. The highest BCUT2D eigenvalue weighted by atomic mass is 16.3. The third-order valence-electron chi connectivity index (χ3n) is 2.66. The van der Waals surface area contributed by atoms with Gasteiger partial charge < -0.3 is 10.4 Å². The molecule has 0 fully saturated rings. The molecule has 0 spiro atoms. The molecule has 2 rings (SSSR count). The van der Waals surface area contributed by atoms with Crippen molar-refractivity contribution in [3.8, 4) is 0 Å². The number of allylic oxidation sites excluding steroid dienone is 2. The molecular formula is C13H15NO2. The second-order valence-electron chi connectivity index (χ2n) is 4.30. The van der Waals surface area contributed by atoms with E-state index < -0.39 is 6.10 Å². The van der Waals surface area contributed by atoms with Gasteiger partial charge in [0, 0.05) is 11.3 Å². The van der Waals surface area contributed by atoms with E-state index in [1.54, 1.807) is 0 Å². The molecule has 0 bridgehead atoms. The number of fused-ring (bicyclic) bond motifs is 1. The lowest BCUT2D eigenvalue weighted by atomic mass is 10.0. The minimum Gasteiger partial charge on any atom is -0.378 e. The van der Waals surface area contributed by atoms with Gasteiger partial charge in [0.2, 0.25) is 0 Å². The van der Waals surface area contributed by atoms with Gasteiger partial charge in [0.05, 0.1) is 0 Å². The number of carbonyl (C=O) groups is 1. The summed E-state index contributed by atoms with van der Waals surface area (Å²) in [5, 5.41) is 12.2. The lowest BCUT2D eigenvalue weighted by Crippen LogP contribution is -2.10. The Bertz CT molecular complexity index is 459. The SMILES string of the molecule is CC(C)=CCc1ccc2c(c1)NC(=O)[C@@H]2O. The van der Waals surface area contributed by atoms with Crippen molar-refractivity contribution in [1.82, 2.24) is 0 Å². The standard InChI is InChI=1S/C13H15NO2/c1-8(2)3-4-9-5-6-10-11(7-9)14-13(16)12(10)15/h3,5-7,12,15H,4H2,1-2H3,(H,14,16)/t12-/m1/s1. The molecule has 1 aliphatic heterocycles. The Morgan fingerprint density at radius 3 is 2.94 bits per heavy atom. The van der Waals surface area contributed by atoms with E-state index in [4.69, 9.17) is 0 Å². The Morgan fingerprint density at radius 1 is 1.50 bits per heavy atom. The summed E-state index contributed by atoms with van der Waals surface area (Å²) in [6.07, 6.45) is 1.98. The van der Waals surface area contributed by atoms with Crippen molar-refractivity contribution < 1.29 is 9.90 Å². The van der Waals surface area contributed by atoms with E-state index in [2.05, 4.69) is 25.2 Å². The third-order valence-corrected chi connectivity index (χ3v) is 2.66. The quantitative estimate of drug-likeness (QED) is 0.746. The largest absolute Gasteiger partial charge is 0.378 e. The van der Waals surface area contributed by atoms with Gasteiger partial charge in [-0.25, -0.2) is 0 Å². The fourth-order valence-electron chi connectivity index (χ4n) is 1.74. The van der Waals surface area contributed by atoms with E-state index in [0.29, 0.717) is 5.56 Å². The maximum Gasteiger partial charge on any atom is 0.257 e. The molecule has 0 saturated heterocycles. The number of aliphatic hydroxyl groups is 1. The molecule has 1 amide bonds. The van der Waals surface area contributed by atoms with Crippen molar-refractivity contribution in [3.05, 3.63) is 41.0 Å². The van der Waals surface area contributed by atoms with Crippen molar-refractivity contribution in [1.29, 1.82) is 0 Å². The molecule has 2 N–H and O–H groups in total. The average Bonchev–Trinajstić information content (AvgIpc) is 2.52. The van der Waals surface area contributed by atoms with Gasteiger partial charge in [0.15, 0.2) is 6.10 Å². The Labute approximate surface area is 94.8 Å². The Hall–Kier alpha value is -1.61. The molecule has 3 heteroatoms. The molecule has 1 aromatic carbocycles. The van der Waals surface area contributed by atoms with E-state index >= 15 is 0 Å². The van der Waals surface area contributed by atoms with Crippen LogP contribution in [-0.4, -0.2) is 11.0 Å². The number of rotatable bonds is 2. The van der Waals surface area contributed by atoms with Crippen LogP contribution in [0.5, 0.6) is 0 Å². The molecule has 84 valence electrons. The maximum absolute atomic E-state index is 11.2. The zero-order valence-electron chi connectivity index (χ0n) is 9.45. The van der Waals surface area contributed by atoms with Gasteiger partial charge >= 0.3 is 0 Å². The average molecular weight is 217 g/mol. The molecular weight excluding hydrogens is 202 g/mol. The lowest BCUT2D eigenvalue weighted by molar-refractivity contribution is -0.123. The number of anilines is 1. The Kier molecular flexibility index (Phi) is 2.79. The van der Waals surface area contributed by atoms with Crippen LogP contribution in [0.25, 0.3) is 0 Å². The second-order valence-corrected chi connectivity index (χ2v) is 4.30. The van der Waals surface area contributed by atoms with Gasteiger partial charge in [0.1, 0.15) is 0 Å². The number of amides is 1. The van der Waals surface area contributed by atoms with Crippen LogP contribution in [0.2, 0.25) is 0 Å². The van der Waals surface area contributed by atoms with Crippen LogP contribution in [0.3, 0.4) is 0 Å². The van der Waals surface area contributed by atoms with Crippen LogP contribution in [-0.2, 0) is 11.2 Å². The number of nitrogens with one attached hydrogen (secondary N) is 1. The van der Waals surface area contributed by atoms with Crippen LogP contribution < -0.4 is 5.32 Å². The van der Waals surface area contributed by atoms with Crippen molar-refractivity contribution >= 4 is 11.6 Å². The summed E-state index contributed by atoms with van der Waals surface area (Å²) in [5.41, 5.74) is 3.81. The molecule has 1 atom stereocenters. The molecule has 3 nitrogen and oxygen atoms in total. The van der Waals surface area contributed by atoms with Crippen LogP contribution in [0.4, 0.5) is 5.69 Å². The number of hydrogen-bond acceptors (Lipinski definition) is 2. The summed E-state index contributed by atoms with van der Waals surface area (Å²) >= 11 is 0. The van der Waals surface area contributed by atoms with Crippen molar-refractivity contribution in [2.24, 2.45) is 0 Å². The first-order chi connectivity index (χ1) is 7.58. The highest BCUT2D eigenvalue weighted by molar-refractivity contribution is 6.01. The first kappa shape index (κ1) is 10.9. The number of aliphatic hydroxyl groups excluding tert-OH is 1. The van der Waals surface area contributed by atoms with E-state index in [0.717, 1.165) is 17.7 Å². The molecule has 0 radical (unpaired) electrons. The van der Waals surface area contributed by atoms with E-state index in [1.807, 2.05) is 18.2 Å². The van der Waals surface area contributed by atoms with Crippen molar-refractivity contribution in [2.45, 2.75) is 26.4 Å². The van der Waals surface area contributed by atoms with Crippen molar-refractivity contribution in [2.75, 3.05) is 5.32 Å². The van der Waals surface area contributed by atoms with Gasteiger partial charge in [-0.1, -0.05) is 23.8 Å². The van der Waals surface area contributed by atoms with Crippen LogP contribution in [0, 0.1) is 0 Å².